The van der Waals surface area contributed by atoms with E-state index >= 15 is 0 Å². The van der Waals surface area contributed by atoms with Crippen LogP contribution < -0.4 is 5.32 Å². The van der Waals surface area contributed by atoms with Gasteiger partial charge < -0.3 is 15.0 Å². The Morgan fingerprint density at radius 3 is 2.46 bits per heavy atom. The van der Waals surface area contributed by atoms with E-state index in [1.807, 2.05) is 0 Å². The number of rotatable bonds is 3. The van der Waals surface area contributed by atoms with Crippen LogP contribution in [0.15, 0.2) is 29.2 Å². The predicted molar refractivity (Wildman–Crippen MR) is 96.5 cm³/mol. The fraction of sp³-hybridized carbons (Fsp3) is 0.611. The van der Waals surface area contributed by atoms with Gasteiger partial charge in [0.1, 0.15) is 0 Å². The summed E-state index contributed by atoms with van der Waals surface area (Å²) in [5.41, 5.74) is 0.520. The maximum Gasteiger partial charge on any atom is 0.254 e. The van der Waals surface area contributed by atoms with Crippen LogP contribution in [0.2, 0.25) is 0 Å². The van der Waals surface area contributed by atoms with E-state index in [9.17, 15) is 13.2 Å². The van der Waals surface area contributed by atoms with Gasteiger partial charge in [-0.3, -0.25) is 4.79 Å². The molecule has 3 fully saturated rings. The number of ether oxygens (including phenoxy) is 1. The smallest absolute Gasteiger partial charge is 0.254 e. The normalized spacial score (nSPS) is 27.3. The van der Waals surface area contributed by atoms with E-state index in [4.69, 9.17) is 4.74 Å². The van der Waals surface area contributed by atoms with Crippen molar-refractivity contribution in [1.82, 2.24) is 14.5 Å². The van der Waals surface area contributed by atoms with Crippen molar-refractivity contribution in [2.75, 3.05) is 39.4 Å². The van der Waals surface area contributed by atoms with E-state index in [1.165, 1.54) is 0 Å². The summed E-state index contributed by atoms with van der Waals surface area (Å²) in [7, 11) is -3.54. The third kappa shape index (κ3) is 3.26. The molecule has 3 saturated heterocycles. The van der Waals surface area contributed by atoms with Gasteiger partial charge in [-0.15, -0.1) is 0 Å². The Morgan fingerprint density at radius 1 is 1.04 bits per heavy atom. The molecule has 3 heterocycles. The zero-order valence-corrected chi connectivity index (χ0v) is 15.6. The van der Waals surface area contributed by atoms with E-state index < -0.39 is 10.0 Å². The molecule has 1 aromatic carbocycles. The van der Waals surface area contributed by atoms with Crippen molar-refractivity contribution in [3.05, 3.63) is 29.8 Å². The van der Waals surface area contributed by atoms with Crippen molar-refractivity contribution >= 4 is 15.9 Å². The summed E-state index contributed by atoms with van der Waals surface area (Å²) >= 11 is 0. The van der Waals surface area contributed by atoms with Crippen LogP contribution in [-0.2, 0) is 14.8 Å². The molecule has 0 aromatic heterocycles. The van der Waals surface area contributed by atoms with Crippen molar-refractivity contribution in [1.29, 1.82) is 0 Å². The molecule has 4 rings (SSSR count). The lowest BCUT2D eigenvalue weighted by Crippen LogP contribution is -2.42. The van der Waals surface area contributed by atoms with Crippen LogP contribution in [0.25, 0.3) is 0 Å². The topological polar surface area (TPSA) is 79.0 Å². The second kappa shape index (κ2) is 7.26. The van der Waals surface area contributed by atoms with E-state index in [-0.39, 0.29) is 22.9 Å². The van der Waals surface area contributed by atoms with Crippen LogP contribution in [0.3, 0.4) is 0 Å². The first-order chi connectivity index (χ1) is 12.6. The number of hydrogen-bond donors (Lipinski definition) is 1. The minimum Gasteiger partial charge on any atom is -0.378 e. The Morgan fingerprint density at radius 2 is 1.73 bits per heavy atom. The molecule has 3 aliphatic rings. The second-order valence-corrected chi connectivity index (χ2v) is 8.98. The fourth-order valence-corrected chi connectivity index (χ4v) is 6.07. The average molecular weight is 379 g/mol. The van der Waals surface area contributed by atoms with Crippen molar-refractivity contribution in [3.8, 4) is 0 Å². The third-order valence-corrected chi connectivity index (χ3v) is 7.58. The first-order valence-corrected chi connectivity index (χ1v) is 10.7. The molecule has 26 heavy (non-hydrogen) atoms. The molecular formula is C18H25N3O4S. The minimum absolute atomic E-state index is 0.0298. The number of fused-ring (bicyclic) bond motifs is 2. The molecule has 1 N–H and O–H groups in total. The quantitative estimate of drug-likeness (QED) is 0.835. The maximum absolute atomic E-state index is 13.2. The molecule has 1 amide bonds. The number of carbonyl (C=O) groups is 1. The van der Waals surface area contributed by atoms with E-state index in [1.54, 1.807) is 33.5 Å². The number of sulfonamides is 1. The average Bonchev–Trinajstić information content (AvgIpc) is 2.95. The van der Waals surface area contributed by atoms with Gasteiger partial charge in [-0.2, -0.15) is 4.31 Å². The molecular weight excluding hydrogens is 354 g/mol. The molecule has 1 aromatic rings. The van der Waals surface area contributed by atoms with Crippen molar-refractivity contribution < 1.29 is 17.9 Å². The number of nitrogens with zero attached hydrogens (tertiary/aromatic N) is 2. The summed E-state index contributed by atoms with van der Waals surface area (Å²) < 4.78 is 33.3. The van der Waals surface area contributed by atoms with Gasteiger partial charge in [0.25, 0.3) is 5.91 Å². The summed E-state index contributed by atoms with van der Waals surface area (Å²) in [6, 6.07) is 6.50. The van der Waals surface area contributed by atoms with Gasteiger partial charge in [-0.1, -0.05) is 0 Å². The van der Waals surface area contributed by atoms with E-state index in [2.05, 4.69) is 5.32 Å². The Labute approximate surface area is 154 Å². The highest BCUT2D eigenvalue weighted by Crippen LogP contribution is 2.33. The molecule has 2 unspecified atom stereocenters. The third-order valence-electron chi connectivity index (χ3n) is 5.56. The molecule has 0 saturated carbocycles. The molecule has 2 atom stereocenters. The zero-order chi connectivity index (χ0) is 18.1. The van der Waals surface area contributed by atoms with Crippen LogP contribution in [0, 0.1) is 0 Å². The number of hydrogen-bond acceptors (Lipinski definition) is 5. The highest BCUT2D eigenvalue weighted by Gasteiger charge is 2.42. The molecule has 2 bridgehead atoms. The highest BCUT2D eigenvalue weighted by molar-refractivity contribution is 7.89. The van der Waals surface area contributed by atoms with Gasteiger partial charge in [-0.05, 0) is 50.1 Å². The molecule has 0 aliphatic carbocycles. The Kier molecular flexibility index (Phi) is 5.00. The Balaban J connectivity index is 1.55. The van der Waals surface area contributed by atoms with Crippen molar-refractivity contribution in [2.45, 2.75) is 36.2 Å². The Bertz CT molecular complexity index is 745. The molecule has 7 nitrogen and oxygen atoms in total. The molecule has 8 heteroatoms. The highest BCUT2D eigenvalue weighted by atomic mass is 32.2. The summed E-state index contributed by atoms with van der Waals surface area (Å²) in [5, 5.41) is 3.33. The van der Waals surface area contributed by atoms with Crippen LogP contribution in [0.5, 0.6) is 0 Å². The number of amides is 1. The molecule has 0 spiro atoms. The maximum atomic E-state index is 13.2. The minimum atomic E-state index is -3.54. The second-order valence-electron chi connectivity index (χ2n) is 7.14. The van der Waals surface area contributed by atoms with Crippen LogP contribution >= 0.6 is 0 Å². The first-order valence-electron chi connectivity index (χ1n) is 9.29. The van der Waals surface area contributed by atoms with Crippen LogP contribution in [0.4, 0.5) is 0 Å². The largest absolute Gasteiger partial charge is 0.378 e. The van der Waals surface area contributed by atoms with Crippen molar-refractivity contribution in [3.63, 3.8) is 0 Å². The van der Waals surface area contributed by atoms with Crippen LogP contribution in [0.1, 0.15) is 29.6 Å². The Hall–Kier alpha value is -1.48. The lowest BCUT2D eigenvalue weighted by atomic mass is 10.1. The van der Waals surface area contributed by atoms with Gasteiger partial charge in [0.05, 0.1) is 18.1 Å². The van der Waals surface area contributed by atoms with E-state index in [0.29, 0.717) is 38.4 Å². The lowest BCUT2D eigenvalue weighted by Gasteiger charge is -2.28. The van der Waals surface area contributed by atoms with E-state index in [0.717, 1.165) is 25.8 Å². The number of nitrogens with one attached hydrogen (secondary N) is 1. The molecule has 142 valence electrons. The summed E-state index contributed by atoms with van der Waals surface area (Å²) in [6.07, 6.45) is 2.69. The lowest BCUT2D eigenvalue weighted by molar-refractivity contribution is 0.0303. The summed E-state index contributed by atoms with van der Waals surface area (Å²) in [5.74, 6) is -0.0729. The fourth-order valence-electron chi connectivity index (χ4n) is 4.17. The SMILES string of the molecule is O=C(c1ccc(S(=O)(=O)N2C3CCNCC2CC3)cc1)N1CCOCC1. The molecule has 0 radical (unpaired) electrons. The summed E-state index contributed by atoms with van der Waals surface area (Å²) in [6.45, 7) is 3.81. The van der Waals surface area contributed by atoms with Gasteiger partial charge in [0, 0.05) is 37.3 Å². The number of carbonyl (C=O) groups excluding carboxylic acids is 1. The molecule has 3 aliphatic heterocycles. The monoisotopic (exact) mass is 379 g/mol. The van der Waals surface area contributed by atoms with Gasteiger partial charge in [0.2, 0.25) is 10.0 Å². The number of morpholine rings is 1. The van der Waals surface area contributed by atoms with Crippen molar-refractivity contribution in [2.24, 2.45) is 0 Å². The van der Waals surface area contributed by atoms with Crippen LogP contribution in [-0.4, -0.2) is 75.0 Å². The summed E-state index contributed by atoms with van der Waals surface area (Å²) in [4.78, 5) is 14.5. The van der Waals surface area contributed by atoms with Gasteiger partial charge in [0.15, 0.2) is 0 Å². The predicted octanol–water partition coefficient (Wildman–Crippen LogP) is 0.674. The van der Waals surface area contributed by atoms with Gasteiger partial charge >= 0.3 is 0 Å². The zero-order valence-electron chi connectivity index (χ0n) is 14.8. The number of benzene rings is 1. The first kappa shape index (κ1) is 17.9. The standard InChI is InChI=1S/C18H25N3O4S/c22-18(20-9-11-25-12-10-20)14-1-5-17(6-2-14)26(23,24)21-15-3-4-16(21)13-19-8-7-15/h1-2,5-6,15-16,19H,3-4,7-13H2. The van der Waals surface area contributed by atoms with Gasteiger partial charge in [-0.25, -0.2) is 8.42 Å².